The molecule has 1 aromatic heterocycles. The molecule has 1 N–H and O–H groups in total. The second-order valence-corrected chi connectivity index (χ2v) is 6.45. The summed E-state index contributed by atoms with van der Waals surface area (Å²) in [4.78, 5) is 10.4. The summed E-state index contributed by atoms with van der Waals surface area (Å²) in [5.74, 6) is 0.861. The van der Waals surface area contributed by atoms with Gasteiger partial charge in [-0.3, -0.25) is 10.1 Å². The molecule has 0 radical (unpaired) electrons. The highest BCUT2D eigenvalue weighted by Gasteiger charge is 2.26. The topological polar surface area (TPSA) is 73.0 Å². The van der Waals surface area contributed by atoms with E-state index in [4.69, 9.17) is 23.2 Å². The minimum Gasteiger partial charge on any atom is -0.369 e. The molecule has 2 aromatic carbocycles. The van der Waals surface area contributed by atoms with Crippen LogP contribution in [-0.2, 0) is 6.42 Å². The summed E-state index contributed by atoms with van der Waals surface area (Å²) >= 11 is 12.7. The first-order valence-electron chi connectivity index (χ1n) is 7.61. The number of nitro groups is 1. The summed E-state index contributed by atoms with van der Waals surface area (Å²) in [6.45, 7) is 0.787. The molecule has 1 aliphatic rings. The number of halogens is 2. The van der Waals surface area contributed by atoms with Gasteiger partial charge in [0, 0.05) is 29.8 Å². The summed E-state index contributed by atoms with van der Waals surface area (Å²) in [6.07, 6.45) is 0.805. The molecule has 25 heavy (non-hydrogen) atoms. The van der Waals surface area contributed by atoms with E-state index in [2.05, 4.69) is 10.4 Å². The first-order valence-corrected chi connectivity index (χ1v) is 8.37. The first-order chi connectivity index (χ1) is 12.1. The minimum absolute atomic E-state index is 0.0369. The number of nitrogens with one attached hydrogen (secondary N) is 1. The number of hydrogen-bond donors (Lipinski definition) is 1. The van der Waals surface area contributed by atoms with E-state index in [9.17, 15) is 10.1 Å². The van der Waals surface area contributed by atoms with Crippen molar-refractivity contribution >= 4 is 34.7 Å². The van der Waals surface area contributed by atoms with Crippen LogP contribution in [0, 0.1) is 10.1 Å². The lowest BCUT2D eigenvalue weighted by Crippen LogP contribution is -2.04. The van der Waals surface area contributed by atoms with Gasteiger partial charge < -0.3 is 5.32 Å². The van der Waals surface area contributed by atoms with Gasteiger partial charge in [0.25, 0.3) is 5.69 Å². The average Bonchev–Trinajstić information content (AvgIpc) is 3.18. The monoisotopic (exact) mass is 374 g/mol. The van der Waals surface area contributed by atoms with Gasteiger partial charge in [0.05, 0.1) is 20.7 Å². The summed E-state index contributed by atoms with van der Waals surface area (Å²) in [5, 5.41) is 19.9. The molecule has 0 amide bonds. The van der Waals surface area contributed by atoms with Crippen LogP contribution >= 0.6 is 23.2 Å². The maximum absolute atomic E-state index is 10.8. The van der Waals surface area contributed by atoms with E-state index in [1.165, 1.54) is 12.1 Å². The second-order valence-electron chi connectivity index (χ2n) is 5.63. The van der Waals surface area contributed by atoms with Crippen molar-refractivity contribution < 1.29 is 4.92 Å². The Kier molecular flexibility index (Phi) is 3.86. The Balaban J connectivity index is 1.88. The minimum atomic E-state index is -0.426. The van der Waals surface area contributed by atoms with Crippen LogP contribution < -0.4 is 5.32 Å². The molecule has 0 aliphatic carbocycles. The number of nitrogens with zero attached hydrogens (tertiary/aromatic N) is 3. The number of benzene rings is 2. The van der Waals surface area contributed by atoms with Gasteiger partial charge in [-0.15, -0.1) is 0 Å². The van der Waals surface area contributed by atoms with Crippen LogP contribution in [0.3, 0.4) is 0 Å². The van der Waals surface area contributed by atoms with Crippen LogP contribution in [-0.4, -0.2) is 21.2 Å². The molecule has 1 aliphatic heterocycles. The standard InChI is InChI=1S/C17H12Cl2N4O2/c18-13-2-1-3-14(19)15(13)16-12-8-9-20-17(12)22(21-16)10-4-6-11(7-5-10)23(24)25/h1-7,20H,8-9H2. The lowest BCUT2D eigenvalue weighted by atomic mass is 10.1. The van der Waals surface area contributed by atoms with E-state index < -0.39 is 4.92 Å². The molecule has 6 nitrogen and oxygen atoms in total. The second kappa shape index (κ2) is 6.06. The average molecular weight is 375 g/mol. The zero-order valence-corrected chi connectivity index (χ0v) is 14.4. The van der Waals surface area contributed by atoms with E-state index >= 15 is 0 Å². The molecule has 0 bridgehead atoms. The van der Waals surface area contributed by atoms with Gasteiger partial charge in [-0.2, -0.15) is 5.10 Å². The van der Waals surface area contributed by atoms with Gasteiger partial charge in [0.15, 0.2) is 0 Å². The quantitative estimate of drug-likeness (QED) is 0.531. The van der Waals surface area contributed by atoms with Gasteiger partial charge in [0.2, 0.25) is 0 Å². The molecular weight excluding hydrogens is 363 g/mol. The van der Waals surface area contributed by atoms with Gasteiger partial charge in [0.1, 0.15) is 11.5 Å². The number of rotatable bonds is 3. The Labute approximate surface area is 153 Å². The molecule has 0 unspecified atom stereocenters. The Morgan fingerprint density at radius 1 is 1.12 bits per heavy atom. The van der Waals surface area contributed by atoms with Crippen molar-refractivity contribution in [3.63, 3.8) is 0 Å². The fourth-order valence-corrected chi connectivity index (χ4v) is 3.58. The van der Waals surface area contributed by atoms with Crippen molar-refractivity contribution in [1.29, 1.82) is 0 Å². The van der Waals surface area contributed by atoms with Crippen LogP contribution in [0.5, 0.6) is 0 Å². The molecule has 2 heterocycles. The number of nitro benzene ring substituents is 1. The SMILES string of the molecule is O=[N+]([O-])c1ccc(-n2nc(-c3c(Cl)cccc3Cl)c3c2NCC3)cc1. The van der Waals surface area contributed by atoms with Crippen molar-refractivity contribution in [2.45, 2.75) is 6.42 Å². The Hall–Kier alpha value is -2.57. The molecule has 0 saturated carbocycles. The number of hydrogen-bond acceptors (Lipinski definition) is 4. The third-order valence-electron chi connectivity index (χ3n) is 4.16. The van der Waals surface area contributed by atoms with Gasteiger partial charge >= 0.3 is 0 Å². The van der Waals surface area contributed by atoms with Gasteiger partial charge in [-0.05, 0) is 30.7 Å². The predicted molar refractivity (Wildman–Crippen MR) is 97.9 cm³/mol. The molecule has 0 fully saturated rings. The van der Waals surface area contributed by atoms with E-state index in [1.807, 2.05) is 0 Å². The van der Waals surface area contributed by atoms with E-state index in [0.717, 1.165) is 35.7 Å². The fourth-order valence-electron chi connectivity index (χ4n) is 3.00. The van der Waals surface area contributed by atoms with Crippen molar-refractivity contribution in [1.82, 2.24) is 9.78 Å². The molecule has 0 saturated heterocycles. The molecule has 4 rings (SSSR count). The summed E-state index contributed by atoms with van der Waals surface area (Å²) < 4.78 is 1.74. The number of aromatic nitrogens is 2. The highest BCUT2D eigenvalue weighted by Crippen LogP contribution is 2.40. The van der Waals surface area contributed by atoms with Gasteiger partial charge in [-0.25, -0.2) is 4.68 Å². The van der Waals surface area contributed by atoms with Crippen LogP contribution in [0.2, 0.25) is 10.0 Å². The third kappa shape index (κ3) is 2.63. The van der Waals surface area contributed by atoms with E-state index in [-0.39, 0.29) is 5.69 Å². The lowest BCUT2D eigenvalue weighted by Gasteiger charge is -2.07. The zero-order valence-electron chi connectivity index (χ0n) is 12.9. The highest BCUT2D eigenvalue weighted by molar-refractivity contribution is 6.39. The largest absolute Gasteiger partial charge is 0.369 e. The molecule has 0 atom stereocenters. The third-order valence-corrected chi connectivity index (χ3v) is 4.79. The molecule has 8 heteroatoms. The Bertz CT molecular complexity index is 963. The number of anilines is 1. The van der Waals surface area contributed by atoms with Crippen LogP contribution in [0.15, 0.2) is 42.5 Å². The summed E-state index contributed by atoms with van der Waals surface area (Å²) in [7, 11) is 0. The molecule has 126 valence electrons. The summed E-state index contributed by atoms with van der Waals surface area (Å²) in [6, 6.07) is 11.6. The van der Waals surface area contributed by atoms with Crippen LogP contribution in [0.25, 0.3) is 16.9 Å². The number of non-ortho nitro benzene ring substituents is 1. The normalized spacial score (nSPS) is 12.7. The van der Waals surface area contributed by atoms with E-state index in [0.29, 0.717) is 15.6 Å². The highest BCUT2D eigenvalue weighted by atomic mass is 35.5. The first kappa shape index (κ1) is 15.9. The maximum atomic E-state index is 10.8. The van der Waals surface area contributed by atoms with Gasteiger partial charge in [-0.1, -0.05) is 29.3 Å². The van der Waals surface area contributed by atoms with Crippen molar-refractivity contribution in [3.8, 4) is 16.9 Å². The van der Waals surface area contributed by atoms with Crippen molar-refractivity contribution in [2.75, 3.05) is 11.9 Å². The molecule has 3 aromatic rings. The fraction of sp³-hybridized carbons (Fsp3) is 0.118. The predicted octanol–water partition coefficient (Wildman–Crippen LogP) is 4.72. The van der Waals surface area contributed by atoms with Crippen molar-refractivity contribution in [3.05, 3.63) is 68.2 Å². The smallest absolute Gasteiger partial charge is 0.269 e. The Morgan fingerprint density at radius 3 is 2.44 bits per heavy atom. The van der Waals surface area contributed by atoms with Crippen LogP contribution in [0.4, 0.5) is 11.5 Å². The lowest BCUT2D eigenvalue weighted by molar-refractivity contribution is -0.384. The Morgan fingerprint density at radius 2 is 1.80 bits per heavy atom. The zero-order chi connectivity index (χ0) is 17.6. The maximum Gasteiger partial charge on any atom is 0.269 e. The van der Waals surface area contributed by atoms with Crippen molar-refractivity contribution in [2.24, 2.45) is 0 Å². The summed E-state index contributed by atoms with van der Waals surface area (Å²) in [5.41, 5.74) is 3.23. The molecular formula is C17H12Cl2N4O2. The van der Waals surface area contributed by atoms with Crippen LogP contribution in [0.1, 0.15) is 5.56 Å². The number of fused-ring (bicyclic) bond motifs is 1. The van der Waals surface area contributed by atoms with E-state index in [1.54, 1.807) is 35.0 Å². The molecule has 0 spiro atoms.